The van der Waals surface area contributed by atoms with Crippen LogP contribution in [0.15, 0.2) is 40.9 Å². The molecule has 0 aromatic heterocycles. The van der Waals surface area contributed by atoms with Crippen molar-refractivity contribution >= 4 is 33.2 Å². The lowest BCUT2D eigenvalue weighted by Gasteiger charge is -2.12. The van der Waals surface area contributed by atoms with Crippen molar-refractivity contribution < 1.29 is 9.53 Å². The van der Waals surface area contributed by atoms with Gasteiger partial charge in [-0.15, -0.1) is 0 Å². The highest BCUT2D eigenvalue weighted by molar-refractivity contribution is 9.10. The van der Waals surface area contributed by atoms with Crippen LogP contribution in [-0.4, -0.2) is 13.0 Å². The van der Waals surface area contributed by atoms with Gasteiger partial charge in [0.15, 0.2) is 0 Å². The number of carbonyl (C=O) groups excluding carboxylic acids is 1. The highest BCUT2D eigenvalue weighted by atomic mass is 79.9. The lowest BCUT2D eigenvalue weighted by Crippen LogP contribution is -2.15. The van der Waals surface area contributed by atoms with Crippen molar-refractivity contribution in [3.05, 3.63) is 52.0 Å². The van der Waals surface area contributed by atoms with Crippen LogP contribution in [0.5, 0.6) is 5.75 Å². The molecule has 0 aliphatic rings. The van der Waals surface area contributed by atoms with E-state index in [0.717, 1.165) is 10.0 Å². The Hall–Kier alpha value is -2.01. The second kappa shape index (κ2) is 5.96. The van der Waals surface area contributed by atoms with E-state index < -0.39 is 0 Å². The number of hydrogen-bond acceptors (Lipinski definition) is 3. The van der Waals surface area contributed by atoms with Gasteiger partial charge in [-0.05, 0) is 36.8 Å². The molecular formula is C15H15BrN2O2. The molecule has 20 heavy (non-hydrogen) atoms. The molecule has 0 atom stereocenters. The Balaban J connectivity index is 2.33. The summed E-state index contributed by atoms with van der Waals surface area (Å²) in [5.74, 6) is 0.390. The average molecular weight is 335 g/mol. The lowest BCUT2D eigenvalue weighted by molar-refractivity contribution is 0.102. The van der Waals surface area contributed by atoms with Crippen LogP contribution in [0.25, 0.3) is 0 Å². The predicted molar refractivity (Wildman–Crippen MR) is 84.2 cm³/mol. The van der Waals surface area contributed by atoms with Gasteiger partial charge in [0.1, 0.15) is 5.75 Å². The summed E-state index contributed by atoms with van der Waals surface area (Å²) in [5, 5.41) is 2.83. The molecule has 2 rings (SSSR count). The molecule has 1 amide bonds. The van der Waals surface area contributed by atoms with Crippen LogP contribution in [0, 0.1) is 6.92 Å². The number of methoxy groups -OCH3 is 1. The molecule has 5 heteroatoms. The molecule has 0 radical (unpaired) electrons. The first-order chi connectivity index (χ1) is 9.52. The molecule has 2 aromatic carbocycles. The first-order valence-corrected chi connectivity index (χ1v) is 6.82. The molecule has 3 N–H and O–H groups in total. The number of hydrogen-bond donors (Lipinski definition) is 2. The van der Waals surface area contributed by atoms with Gasteiger partial charge < -0.3 is 15.8 Å². The second-order valence-electron chi connectivity index (χ2n) is 4.32. The van der Waals surface area contributed by atoms with Gasteiger partial charge in [0.25, 0.3) is 5.91 Å². The second-order valence-corrected chi connectivity index (χ2v) is 5.24. The molecule has 0 spiro atoms. The number of amides is 1. The Morgan fingerprint density at radius 3 is 2.70 bits per heavy atom. The number of nitrogens with two attached hydrogens (primary N) is 1. The van der Waals surface area contributed by atoms with Gasteiger partial charge >= 0.3 is 0 Å². The van der Waals surface area contributed by atoms with Crippen molar-refractivity contribution in [3.8, 4) is 5.75 Å². The smallest absolute Gasteiger partial charge is 0.256 e. The fourth-order valence-corrected chi connectivity index (χ4v) is 2.35. The zero-order chi connectivity index (χ0) is 14.7. The van der Waals surface area contributed by atoms with Gasteiger partial charge in [0.2, 0.25) is 0 Å². The van der Waals surface area contributed by atoms with E-state index in [0.29, 0.717) is 22.7 Å². The molecule has 2 aromatic rings. The number of anilines is 2. The molecule has 0 unspecified atom stereocenters. The molecular weight excluding hydrogens is 320 g/mol. The third kappa shape index (κ3) is 2.93. The summed E-state index contributed by atoms with van der Waals surface area (Å²) in [6.07, 6.45) is 0. The standard InChI is InChI=1S/C15H15BrN2O2/c1-9-11(7-10(16)8-12(9)17)15(19)18-13-5-3-4-6-14(13)20-2/h3-8H,17H2,1-2H3,(H,18,19). The number of benzene rings is 2. The van der Waals surface area contributed by atoms with E-state index in [-0.39, 0.29) is 5.91 Å². The van der Waals surface area contributed by atoms with Crippen molar-refractivity contribution in [2.75, 3.05) is 18.2 Å². The average Bonchev–Trinajstić information content (AvgIpc) is 2.43. The van der Waals surface area contributed by atoms with Crippen LogP contribution in [0.1, 0.15) is 15.9 Å². The quantitative estimate of drug-likeness (QED) is 0.843. The Morgan fingerprint density at radius 1 is 1.30 bits per heavy atom. The van der Waals surface area contributed by atoms with Crippen molar-refractivity contribution in [2.24, 2.45) is 0 Å². The first kappa shape index (κ1) is 14.4. The van der Waals surface area contributed by atoms with E-state index in [9.17, 15) is 4.79 Å². The summed E-state index contributed by atoms with van der Waals surface area (Å²) in [7, 11) is 1.56. The van der Waals surface area contributed by atoms with E-state index in [1.54, 1.807) is 31.4 Å². The van der Waals surface area contributed by atoms with Crippen LogP contribution in [0.4, 0.5) is 11.4 Å². The third-order valence-electron chi connectivity index (χ3n) is 3.01. The normalized spacial score (nSPS) is 10.2. The lowest BCUT2D eigenvalue weighted by atomic mass is 10.1. The van der Waals surface area contributed by atoms with Gasteiger partial charge in [-0.1, -0.05) is 28.1 Å². The predicted octanol–water partition coefficient (Wildman–Crippen LogP) is 3.60. The van der Waals surface area contributed by atoms with E-state index in [1.165, 1.54) is 0 Å². The summed E-state index contributed by atoms with van der Waals surface area (Å²) in [5.41, 5.74) is 8.35. The number of rotatable bonds is 3. The maximum Gasteiger partial charge on any atom is 0.256 e. The molecule has 4 nitrogen and oxygen atoms in total. The van der Waals surface area contributed by atoms with Crippen LogP contribution in [0.2, 0.25) is 0 Å². The number of nitrogens with one attached hydrogen (secondary N) is 1. The van der Waals surface area contributed by atoms with Crippen molar-refractivity contribution in [1.82, 2.24) is 0 Å². The molecule has 0 heterocycles. The van der Waals surface area contributed by atoms with Crippen LogP contribution < -0.4 is 15.8 Å². The number of ether oxygens (including phenoxy) is 1. The van der Waals surface area contributed by atoms with Gasteiger partial charge in [-0.2, -0.15) is 0 Å². The van der Waals surface area contributed by atoms with E-state index >= 15 is 0 Å². The number of carbonyl (C=O) groups is 1. The van der Waals surface area contributed by atoms with Crippen LogP contribution in [-0.2, 0) is 0 Å². The topological polar surface area (TPSA) is 64.3 Å². The Morgan fingerprint density at radius 2 is 2.00 bits per heavy atom. The zero-order valence-electron chi connectivity index (χ0n) is 11.2. The molecule has 0 aliphatic heterocycles. The SMILES string of the molecule is COc1ccccc1NC(=O)c1cc(Br)cc(N)c1C. The molecule has 0 saturated heterocycles. The Bertz CT molecular complexity index is 656. The van der Waals surface area contributed by atoms with E-state index in [2.05, 4.69) is 21.2 Å². The Labute approximate surface area is 126 Å². The zero-order valence-corrected chi connectivity index (χ0v) is 12.8. The van der Waals surface area contributed by atoms with E-state index in [1.807, 2.05) is 19.1 Å². The Kier molecular flexibility index (Phi) is 4.29. The highest BCUT2D eigenvalue weighted by Crippen LogP contribution is 2.26. The monoisotopic (exact) mass is 334 g/mol. The van der Waals surface area contributed by atoms with Crippen molar-refractivity contribution in [1.29, 1.82) is 0 Å². The third-order valence-corrected chi connectivity index (χ3v) is 3.47. The highest BCUT2D eigenvalue weighted by Gasteiger charge is 2.14. The number of para-hydroxylation sites is 2. The minimum atomic E-state index is -0.222. The molecule has 0 saturated carbocycles. The first-order valence-electron chi connectivity index (χ1n) is 6.03. The van der Waals surface area contributed by atoms with Gasteiger partial charge in [-0.3, -0.25) is 4.79 Å². The molecule has 0 bridgehead atoms. The summed E-state index contributed by atoms with van der Waals surface area (Å²) in [4.78, 5) is 12.4. The summed E-state index contributed by atoms with van der Waals surface area (Å²) >= 11 is 3.34. The van der Waals surface area contributed by atoms with Crippen molar-refractivity contribution in [2.45, 2.75) is 6.92 Å². The van der Waals surface area contributed by atoms with Crippen LogP contribution in [0.3, 0.4) is 0 Å². The summed E-state index contributed by atoms with van der Waals surface area (Å²) in [6, 6.07) is 10.8. The minimum Gasteiger partial charge on any atom is -0.495 e. The van der Waals surface area contributed by atoms with E-state index in [4.69, 9.17) is 10.5 Å². The minimum absolute atomic E-state index is 0.222. The van der Waals surface area contributed by atoms with Gasteiger partial charge in [-0.25, -0.2) is 0 Å². The summed E-state index contributed by atoms with van der Waals surface area (Å²) in [6.45, 7) is 1.82. The number of halogens is 1. The molecule has 104 valence electrons. The molecule has 0 fully saturated rings. The largest absolute Gasteiger partial charge is 0.495 e. The molecule has 0 aliphatic carbocycles. The maximum absolute atomic E-state index is 12.4. The fraction of sp³-hybridized carbons (Fsp3) is 0.133. The van der Waals surface area contributed by atoms with Crippen molar-refractivity contribution in [3.63, 3.8) is 0 Å². The van der Waals surface area contributed by atoms with Gasteiger partial charge in [0, 0.05) is 15.7 Å². The fourth-order valence-electron chi connectivity index (χ4n) is 1.87. The number of nitrogen functional groups attached to an aromatic ring is 1. The van der Waals surface area contributed by atoms with Gasteiger partial charge in [0.05, 0.1) is 12.8 Å². The maximum atomic E-state index is 12.4. The summed E-state index contributed by atoms with van der Waals surface area (Å²) < 4.78 is 5.98. The van der Waals surface area contributed by atoms with Crippen LogP contribution >= 0.6 is 15.9 Å².